The molecule has 0 spiro atoms. The first kappa shape index (κ1) is 14.3. The normalized spacial score (nSPS) is 16.6. The largest absolute Gasteiger partial charge is 0.463 e. The zero-order valence-electron chi connectivity index (χ0n) is 11.1. The number of rotatable bonds is 5. The van der Waals surface area contributed by atoms with Crippen molar-refractivity contribution in [1.29, 1.82) is 0 Å². The van der Waals surface area contributed by atoms with Gasteiger partial charge >= 0.3 is 12.0 Å². The fourth-order valence-electron chi connectivity index (χ4n) is 1.75. The predicted octanol–water partition coefficient (Wildman–Crippen LogP) is 2.12. The molecule has 0 N–H and O–H groups in total. The SMILES string of the molecule is CC(C)Oc1nc(Cl)nc(OCC2CCOCC2)n1. The third-order valence-electron chi connectivity index (χ3n) is 2.70. The molecule has 0 unspecified atom stereocenters. The quantitative estimate of drug-likeness (QED) is 0.826. The summed E-state index contributed by atoms with van der Waals surface area (Å²) in [5.74, 6) is 0.471. The topological polar surface area (TPSA) is 66.4 Å². The molecule has 0 amide bonds. The van der Waals surface area contributed by atoms with Crippen LogP contribution in [-0.2, 0) is 4.74 Å². The maximum atomic E-state index is 5.81. The predicted molar refractivity (Wildman–Crippen MR) is 69.6 cm³/mol. The molecular weight excluding hydrogens is 270 g/mol. The van der Waals surface area contributed by atoms with E-state index in [2.05, 4.69) is 15.0 Å². The second kappa shape index (κ2) is 6.86. The molecule has 0 saturated carbocycles. The lowest BCUT2D eigenvalue weighted by atomic mass is 10.0. The van der Waals surface area contributed by atoms with Crippen LogP contribution in [0.3, 0.4) is 0 Å². The van der Waals surface area contributed by atoms with Gasteiger partial charge in [0.2, 0.25) is 5.28 Å². The van der Waals surface area contributed by atoms with Crippen LogP contribution in [0.25, 0.3) is 0 Å². The molecule has 6 nitrogen and oxygen atoms in total. The minimum atomic E-state index is -0.0261. The molecule has 0 bridgehead atoms. The van der Waals surface area contributed by atoms with Crippen LogP contribution in [0, 0.1) is 5.92 Å². The molecule has 1 saturated heterocycles. The van der Waals surface area contributed by atoms with Gasteiger partial charge in [-0.2, -0.15) is 9.97 Å². The lowest BCUT2D eigenvalue weighted by Gasteiger charge is -2.21. The number of nitrogens with zero attached hydrogens (tertiary/aromatic N) is 3. The van der Waals surface area contributed by atoms with Gasteiger partial charge in [-0.3, -0.25) is 0 Å². The number of hydrogen-bond donors (Lipinski definition) is 0. The van der Waals surface area contributed by atoms with Crippen LogP contribution in [0.1, 0.15) is 26.7 Å². The molecule has 106 valence electrons. The summed E-state index contributed by atoms with van der Waals surface area (Å²) in [5, 5.41) is 0.0765. The molecule has 1 aliphatic heterocycles. The van der Waals surface area contributed by atoms with Crippen molar-refractivity contribution in [2.75, 3.05) is 19.8 Å². The maximum Gasteiger partial charge on any atom is 0.324 e. The van der Waals surface area contributed by atoms with Crippen LogP contribution < -0.4 is 9.47 Å². The van der Waals surface area contributed by atoms with Crippen molar-refractivity contribution in [2.45, 2.75) is 32.8 Å². The summed E-state index contributed by atoms with van der Waals surface area (Å²) < 4.78 is 16.2. The van der Waals surface area contributed by atoms with Gasteiger partial charge in [0, 0.05) is 13.2 Å². The summed E-state index contributed by atoms with van der Waals surface area (Å²) in [6.45, 7) is 5.91. The maximum absolute atomic E-state index is 5.81. The van der Waals surface area contributed by atoms with E-state index in [4.69, 9.17) is 25.8 Å². The van der Waals surface area contributed by atoms with Gasteiger partial charge in [-0.15, -0.1) is 4.98 Å². The Hall–Kier alpha value is -1.14. The van der Waals surface area contributed by atoms with E-state index >= 15 is 0 Å². The summed E-state index contributed by atoms with van der Waals surface area (Å²) in [6.07, 6.45) is 1.96. The van der Waals surface area contributed by atoms with Crippen molar-refractivity contribution in [2.24, 2.45) is 5.92 Å². The van der Waals surface area contributed by atoms with E-state index in [1.54, 1.807) is 0 Å². The van der Waals surface area contributed by atoms with Gasteiger partial charge < -0.3 is 14.2 Å². The van der Waals surface area contributed by atoms with E-state index in [1.807, 2.05) is 13.8 Å². The molecule has 7 heteroatoms. The van der Waals surface area contributed by atoms with Gasteiger partial charge in [-0.25, -0.2) is 0 Å². The zero-order chi connectivity index (χ0) is 13.7. The van der Waals surface area contributed by atoms with Crippen molar-refractivity contribution in [3.63, 3.8) is 0 Å². The standard InChI is InChI=1S/C12H18ClN3O3/c1-8(2)19-12-15-10(13)14-11(16-12)18-7-9-3-5-17-6-4-9/h8-9H,3-7H2,1-2H3. The molecule has 1 aliphatic rings. The Kier molecular flexibility index (Phi) is 5.15. The van der Waals surface area contributed by atoms with E-state index in [9.17, 15) is 0 Å². The van der Waals surface area contributed by atoms with Gasteiger partial charge in [0.15, 0.2) is 0 Å². The van der Waals surface area contributed by atoms with Crippen molar-refractivity contribution < 1.29 is 14.2 Å². The molecule has 0 radical (unpaired) electrons. The average molecular weight is 288 g/mol. The smallest absolute Gasteiger partial charge is 0.324 e. The van der Waals surface area contributed by atoms with Crippen molar-refractivity contribution in [3.05, 3.63) is 5.28 Å². The summed E-state index contributed by atoms with van der Waals surface area (Å²) in [5.41, 5.74) is 0. The fraction of sp³-hybridized carbons (Fsp3) is 0.750. The highest BCUT2D eigenvalue weighted by molar-refractivity contribution is 6.28. The highest BCUT2D eigenvalue weighted by Gasteiger charge is 2.16. The molecule has 2 heterocycles. The molecule has 1 fully saturated rings. The molecule has 1 aromatic heterocycles. The van der Waals surface area contributed by atoms with Gasteiger partial charge in [-0.05, 0) is 44.2 Å². The minimum absolute atomic E-state index is 0.0261. The Labute approximate surface area is 117 Å². The first-order valence-corrected chi connectivity index (χ1v) is 6.80. The summed E-state index contributed by atoms with van der Waals surface area (Å²) in [7, 11) is 0. The molecule has 0 aliphatic carbocycles. The van der Waals surface area contributed by atoms with Crippen LogP contribution in [-0.4, -0.2) is 40.9 Å². The summed E-state index contributed by atoms with van der Waals surface area (Å²) >= 11 is 5.81. The minimum Gasteiger partial charge on any atom is -0.463 e. The number of aromatic nitrogens is 3. The van der Waals surface area contributed by atoms with E-state index in [-0.39, 0.29) is 23.4 Å². The molecule has 0 atom stereocenters. The van der Waals surface area contributed by atoms with E-state index < -0.39 is 0 Å². The molecule has 2 rings (SSSR count). The van der Waals surface area contributed by atoms with E-state index in [0.717, 1.165) is 26.1 Å². The van der Waals surface area contributed by atoms with E-state index in [1.165, 1.54) is 0 Å². The Bertz CT molecular complexity index is 411. The van der Waals surface area contributed by atoms with Gasteiger partial charge in [0.05, 0.1) is 12.7 Å². The third-order valence-corrected chi connectivity index (χ3v) is 2.87. The van der Waals surface area contributed by atoms with Gasteiger partial charge in [-0.1, -0.05) is 0 Å². The number of ether oxygens (including phenoxy) is 3. The molecule has 0 aromatic carbocycles. The van der Waals surface area contributed by atoms with Crippen LogP contribution in [0.4, 0.5) is 0 Å². The van der Waals surface area contributed by atoms with Crippen LogP contribution >= 0.6 is 11.6 Å². The summed E-state index contributed by atoms with van der Waals surface area (Å²) in [4.78, 5) is 11.9. The van der Waals surface area contributed by atoms with Crippen molar-refractivity contribution >= 4 is 11.6 Å². The highest BCUT2D eigenvalue weighted by Crippen LogP contribution is 2.18. The van der Waals surface area contributed by atoms with Crippen LogP contribution in [0.5, 0.6) is 12.0 Å². The fourth-order valence-corrected chi connectivity index (χ4v) is 1.89. The molecule has 1 aromatic rings. The van der Waals surface area contributed by atoms with Gasteiger partial charge in [0.1, 0.15) is 0 Å². The van der Waals surface area contributed by atoms with E-state index in [0.29, 0.717) is 12.5 Å². The van der Waals surface area contributed by atoms with Crippen molar-refractivity contribution in [3.8, 4) is 12.0 Å². The molecule has 19 heavy (non-hydrogen) atoms. The van der Waals surface area contributed by atoms with Crippen molar-refractivity contribution in [1.82, 2.24) is 15.0 Å². The second-order valence-corrected chi connectivity index (χ2v) is 5.04. The average Bonchev–Trinajstić information content (AvgIpc) is 2.36. The molecular formula is C12H18ClN3O3. The first-order chi connectivity index (χ1) is 9.13. The highest BCUT2D eigenvalue weighted by atomic mass is 35.5. The Morgan fingerprint density at radius 3 is 2.58 bits per heavy atom. The lowest BCUT2D eigenvalue weighted by Crippen LogP contribution is -2.22. The summed E-state index contributed by atoms with van der Waals surface area (Å²) in [6, 6.07) is 0.402. The van der Waals surface area contributed by atoms with Crippen LogP contribution in [0.15, 0.2) is 0 Å². The third kappa shape index (κ3) is 4.80. The second-order valence-electron chi connectivity index (χ2n) is 4.70. The van der Waals surface area contributed by atoms with Gasteiger partial charge in [0.25, 0.3) is 0 Å². The monoisotopic (exact) mass is 287 g/mol. The lowest BCUT2D eigenvalue weighted by molar-refractivity contribution is 0.0479. The Morgan fingerprint density at radius 1 is 1.21 bits per heavy atom. The number of hydrogen-bond acceptors (Lipinski definition) is 6. The Balaban J connectivity index is 1.93. The van der Waals surface area contributed by atoms with Crippen LogP contribution in [0.2, 0.25) is 5.28 Å². The Morgan fingerprint density at radius 2 is 1.89 bits per heavy atom. The first-order valence-electron chi connectivity index (χ1n) is 6.42. The zero-order valence-corrected chi connectivity index (χ0v) is 11.9. The number of halogens is 1.